The molecule has 1 aromatic carbocycles. The Morgan fingerprint density at radius 1 is 1.10 bits per heavy atom. The third-order valence-corrected chi connectivity index (χ3v) is 8.03. The molecule has 1 saturated heterocycles. The van der Waals surface area contributed by atoms with Crippen molar-refractivity contribution in [1.82, 2.24) is 10.2 Å². The number of likely N-dealkylation sites (tertiary alicyclic amines) is 1. The molecule has 0 aromatic heterocycles. The maximum atomic E-state index is 13.4. The molecule has 6 nitrogen and oxygen atoms in total. The van der Waals surface area contributed by atoms with Crippen LogP contribution in [0.1, 0.15) is 58.8 Å². The molecule has 31 heavy (non-hydrogen) atoms. The molecular weight excluding hydrogens is 410 g/mol. The van der Waals surface area contributed by atoms with Crippen molar-refractivity contribution >= 4 is 35.2 Å². The van der Waals surface area contributed by atoms with Crippen molar-refractivity contribution in [3.05, 3.63) is 24.3 Å². The summed E-state index contributed by atoms with van der Waals surface area (Å²) < 4.78 is 0. The average Bonchev–Trinajstić information content (AvgIpc) is 2.77. The van der Waals surface area contributed by atoms with Crippen LogP contribution >= 0.6 is 11.8 Å². The molecule has 7 heteroatoms. The van der Waals surface area contributed by atoms with Crippen LogP contribution in [-0.2, 0) is 14.4 Å². The highest BCUT2D eigenvalue weighted by atomic mass is 32.2. The van der Waals surface area contributed by atoms with Gasteiger partial charge in [-0.25, -0.2) is 0 Å². The van der Waals surface area contributed by atoms with Crippen molar-refractivity contribution in [2.75, 3.05) is 24.5 Å². The first-order valence-corrected chi connectivity index (χ1v) is 12.4. The zero-order valence-corrected chi connectivity index (χ0v) is 19.4. The van der Waals surface area contributed by atoms with Crippen LogP contribution in [0.25, 0.3) is 0 Å². The number of nitrogens with one attached hydrogen (secondary N) is 1. The molecule has 2 heterocycles. The summed E-state index contributed by atoms with van der Waals surface area (Å²) in [6, 6.07) is 7.73. The van der Waals surface area contributed by atoms with Crippen molar-refractivity contribution in [3.63, 3.8) is 0 Å². The lowest BCUT2D eigenvalue weighted by molar-refractivity contribution is -0.136. The van der Waals surface area contributed by atoms with Gasteiger partial charge in [0.2, 0.25) is 11.8 Å². The first-order chi connectivity index (χ1) is 14.8. The van der Waals surface area contributed by atoms with E-state index in [0.29, 0.717) is 18.5 Å². The van der Waals surface area contributed by atoms with Gasteiger partial charge in [-0.2, -0.15) is 0 Å². The molecule has 0 bridgehead atoms. The summed E-state index contributed by atoms with van der Waals surface area (Å²) in [6.07, 6.45) is 7.21. The van der Waals surface area contributed by atoms with Crippen LogP contribution in [0.5, 0.6) is 0 Å². The number of carbonyl (C=O) groups is 3. The van der Waals surface area contributed by atoms with Crippen molar-refractivity contribution in [1.29, 1.82) is 0 Å². The van der Waals surface area contributed by atoms with Gasteiger partial charge in [0.25, 0.3) is 5.91 Å². The number of anilines is 1. The van der Waals surface area contributed by atoms with Crippen LogP contribution in [0.2, 0.25) is 0 Å². The fraction of sp³-hybridized carbons (Fsp3) is 0.625. The Labute approximate surface area is 189 Å². The zero-order valence-electron chi connectivity index (χ0n) is 18.6. The lowest BCUT2D eigenvalue weighted by Gasteiger charge is -2.37. The number of fused-ring (bicyclic) bond motifs is 1. The molecule has 2 aliphatic heterocycles. The van der Waals surface area contributed by atoms with Gasteiger partial charge >= 0.3 is 0 Å². The summed E-state index contributed by atoms with van der Waals surface area (Å²) >= 11 is 1.32. The highest BCUT2D eigenvalue weighted by molar-refractivity contribution is 8.01. The second-order valence-electron chi connectivity index (χ2n) is 9.78. The molecule has 1 aliphatic carbocycles. The van der Waals surface area contributed by atoms with E-state index in [4.69, 9.17) is 0 Å². The lowest BCUT2D eigenvalue weighted by atomic mass is 9.75. The number of hydrogen-bond donors (Lipinski definition) is 1. The normalized spacial score (nSPS) is 23.9. The van der Waals surface area contributed by atoms with E-state index >= 15 is 0 Å². The molecule has 1 aromatic rings. The lowest BCUT2D eigenvalue weighted by Crippen LogP contribution is -2.53. The molecule has 2 fully saturated rings. The highest BCUT2D eigenvalue weighted by Crippen LogP contribution is 2.40. The molecule has 3 amide bonds. The van der Waals surface area contributed by atoms with Crippen molar-refractivity contribution < 1.29 is 14.4 Å². The first-order valence-electron chi connectivity index (χ1n) is 11.5. The number of benzene rings is 1. The van der Waals surface area contributed by atoms with Gasteiger partial charge in [0.15, 0.2) is 5.25 Å². The largest absolute Gasteiger partial charge is 0.352 e. The number of hydrogen-bond acceptors (Lipinski definition) is 4. The van der Waals surface area contributed by atoms with E-state index in [-0.39, 0.29) is 30.3 Å². The Kier molecular flexibility index (Phi) is 6.60. The van der Waals surface area contributed by atoms with Gasteiger partial charge in [0.1, 0.15) is 6.54 Å². The number of nitrogens with zero attached hydrogens (tertiary/aromatic N) is 2. The second kappa shape index (κ2) is 9.23. The molecular formula is C24H33N3O3S. The highest BCUT2D eigenvalue weighted by Gasteiger charge is 2.41. The summed E-state index contributed by atoms with van der Waals surface area (Å²) in [7, 11) is 0. The van der Waals surface area contributed by atoms with Gasteiger partial charge in [-0.3, -0.25) is 14.4 Å². The van der Waals surface area contributed by atoms with Gasteiger partial charge in [-0.05, 0) is 62.5 Å². The van der Waals surface area contributed by atoms with E-state index in [1.54, 1.807) is 0 Å². The van der Waals surface area contributed by atoms with Gasteiger partial charge in [-0.15, -0.1) is 11.8 Å². The molecule has 1 N–H and O–H groups in total. The maximum absolute atomic E-state index is 13.4. The summed E-state index contributed by atoms with van der Waals surface area (Å²) in [5, 5.41) is 2.32. The molecule has 168 valence electrons. The molecule has 0 spiro atoms. The van der Waals surface area contributed by atoms with E-state index in [0.717, 1.165) is 55.5 Å². The van der Waals surface area contributed by atoms with E-state index in [9.17, 15) is 14.4 Å². The Hall–Kier alpha value is -2.02. The van der Waals surface area contributed by atoms with Gasteiger partial charge in [0.05, 0.1) is 5.69 Å². The summed E-state index contributed by atoms with van der Waals surface area (Å²) in [4.78, 5) is 43.6. The van der Waals surface area contributed by atoms with E-state index in [1.807, 2.05) is 29.2 Å². The van der Waals surface area contributed by atoms with Crippen molar-refractivity contribution in [2.24, 2.45) is 5.41 Å². The molecule has 4 rings (SSSR count). The minimum atomic E-state index is -0.809. The smallest absolute Gasteiger partial charge is 0.250 e. The Balaban J connectivity index is 1.47. The monoisotopic (exact) mass is 443 g/mol. The minimum Gasteiger partial charge on any atom is -0.352 e. The number of carbonyl (C=O) groups excluding carboxylic acids is 3. The SMILES string of the molecule is CC1(C)CCC(NC(=O)CN2C(=O)C(C(=O)N3CCCCC3)Sc3ccccc32)CC1. The Bertz CT molecular complexity index is 840. The molecule has 3 aliphatic rings. The van der Waals surface area contributed by atoms with E-state index < -0.39 is 5.25 Å². The van der Waals surface area contributed by atoms with Crippen LogP contribution in [0.3, 0.4) is 0 Å². The maximum Gasteiger partial charge on any atom is 0.250 e. The molecule has 0 radical (unpaired) electrons. The average molecular weight is 444 g/mol. The third kappa shape index (κ3) is 5.08. The summed E-state index contributed by atoms with van der Waals surface area (Å²) in [5.41, 5.74) is 1.06. The Morgan fingerprint density at radius 3 is 2.48 bits per heavy atom. The quantitative estimate of drug-likeness (QED) is 0.722. The Morgan fingerprint density at radius 2 is 1.77 bits per heavy atom. The van der Waals surface area contributed by atoms with Crippen LogP contribution in [-0.4, -0.2) is 53.5 Å². The van der Waals surface area contributed by atoms with Crippen molar-refractivity contribution in [3.8, 4) is 0 Å². The van der Waals surface area contributed by atoms with Crippen molar-refractivity contribution in [2.45, 2.75) is 75.0 Å². The standard InChI is InChI=1S/C24H33N3O3S/c1-24(2)12-10-17(11-13-24)25-20(28)16-27-18-8-4-5-9-19(18)31-21(23(27)30)22(29)26-14-6-3-7-15-26/h4-5,8-9,17,21H,3,6-7,10-16H2,1-2H3,(H,25,28). The zero-order chi connectivity index (χ0) is 22.0. The van der Waals surface area contributed by atoms with Gasteiger partial charge < -0.3 is 15.1 Å². The fourth-order valence-corrected chi connectivity index (χ4v) is 5.97. The minimum absolute atomic E-state index is 0.0416. The second-order valence-corrected chi connectivity index (χ2v) is 10.9. The number of para-hydroxylation sites is 1. The van der Waals surface area contributed by atoms with Crippen LogP contribution in [0.4, 0.5) is 5.69 Å². The van der Waals surface area contributed by atoms with Gasteiger partial charge in [-0.1, -0.05) is 26.0 Å². The van der Waals surface area contributed by atoms with Gasteiger partial charge in [0, 0.05) is 24.0 Å². The third-order valence-electron chi connectivity index (χ3n) is 6.79. The van der Waals surface area contributed by atoms with Crippen LogP contribution in [0, 0.1) is 5.41 Å². The number of piperidine rings is 1. The fourth-order valence-electron chi connectivity index (χ4n) is 4.78. The van der Waals surface area contributed by atoms with Crippen LogP contribution < -0.4 is 10.2 Å². The molecule has 1 atom stereocenters. The molecule has 1 saturated carbocycles. The number of amides is 3. The van der Waals surface area contributed by atoms with E-state index in [1.165, 1.54) is 16.7 Å². The number of thioether (sulfide) groups is 1. The summed E-state index contributed by atoms with van der Waals surface area (Å²) in [5.74, 6) is -0.549. The summed E-state index contributed by atoms with van der Waals surface area (Å²) in [6.45, 7) is 5.92. The first kappa shape index (κ1) is 22.2. The number of rotatable bonds is 4. The predicted octanol–water partition coefficient (Wildman–Crippen LogP) is 3.59. The molecule has 1 unspecified atom stereocenters. The van der Waals surface area contributed by atoms with Crippen LogP contribution in [0.15, 0.2) is 29.2 Å². The topological polar surface area (TPSA) is 69.7 Å². The van der Waals surface area contributed by atoms with E-state index in [2.05, 4.69) is 19.2 Å². The predicted molar refractivity (Wildman–Crippen MR) is 123 cm³/mol.